The Bertz CT molecular complexity index is 377. The monoisotopic (exact) mass is 316 g/mol. The normalized spacial score (nSPS) is 32.0. The number of esters is 1. The molecule has 5 nitrogen and oxygen atoms in total. The van der Waals surface area contributed by atoms with E-state index < -0.39 is 16.3 Å². The molecule has 1 saturated carbocycles. The molecule has 0 spiro atoms. The minimum absolute atomic E-state index is 0.0999. The topological polar surface area (TPSA) is 58.6 Å². The zero-order valence-corrected chi connectivity index (χ0v) is 14.0. The van der Waals surface area contributed by atoms with Crippen LogP contribution in [0.1, 0.15) is 39.5 Å². The van der Waals surface area contributed by atoms with Gasteiger partial charge in [-0.2, -0.15) is 0 Å². The van der Waals surface area contributed by atoms with E-state index in [0.717, 1.165) is 56.8 Å². The highest BCUT2D eigenvalue weighted by atomic mass is 32.2. The summed E-state index contributed by atoms with van der Waals surface area (Å²) in [5.74, 6) is 1.44. The van der Waals surface area contributed by atoms with Crippen LogP contribution in [0, 0.1) is 0 Å². The second kappa shape index (κ2) is 7.70. The van der Waals surface area contributed by atoms with Gasteiger partial charge in [0.1, 0.15) is 5.54 Å². The number of nitrogens with zero attached hydrogens (tertiary/aromatic N) is 1. The predicted molar refractivity (Wildman–Crippen MR) is 84.7 cm³/mol. The molecule has 1 aliphatic carbocycles. The van der Waals surface area contributed by atoms with Crippen LogP contribution in [0.5, 0.6) is 0 Å². The molecule has 1 N–H and O–H groups in total. The molecule has 2 fully saturated rings. The van der Waals surface area contributed by atoms with Crippen molar-refractivity contribution in [3.05, 3.63) is 0 Å². The highest BCUT2D eigenvalue weighted by Crippen LogP contribution is 2.33. The Morgan fingerprint density at radius 1 is 1.38 bits per heavy atom. The quantitative estimate of drug-likeness (QED) is 0.764. The number of hydrogen-bond donors (Lipinski definition) is 1. The number of hydrogen-bond acceptors (Lipinski definition) is 5. The fourth-order valence-corrected chi connectivity index (χ4v) is 4.68. The summed E-state index contributed by atoms with van der Waals surface area (Å²) >= 11 is 0. The maximum absolute atomic E-state index is 12.4. The van der Waals surface area contributed by atoms with Crippen molar-refractivity contribution >= 4 is 16.8 Å². The summed E-state index contributed by atoms with van der Waals surface area (Å²) in [4.78, 5) is 14.9. The molecule has 0 aromatic carbocycles. The van der Waals surface area contributed by atoms with E-state index in [1.807, 2.05) is 13.8 Å². The molecule has 6 heteroatoms. The van der Waals surface area contributed by atoms with E-state index in [0.29, 0.717) is 12.6 Å². The Hall–Kier alpha value is -0.460. The Morgan fingerprint density at radius 2 is 2.10 bits per heavy atom. The Labute approximate surface area is 130 Å². The van der Waals surface area contributed by atoms with Crippen LogP contribution < -0.4 is 5.32 Å². The van der Waals surface area contributed by atoms with Gasteiger partial charge >= 0.3 is 5.97 Å². The predicted octanol–water partition coefficient (Wildman–Crippen LogP) is 0.905. The molecule has 1 saturated heterocycles. The van der Waals surface area contributed by atoms with Crippen molar-refractivity contribution in [3.8, 4) is 0 Å². The molecule has 2 aliphatic rings. The van der Waals surface area contributed by atoms with Crippen LogP contribution in [0.25, 0.3) is 0 Å². The summed E-state index contributed by atoms with van der Waals surface area (Å²) < 4.78 is 16.8. The van der Waals surface area contributed by atoms with E-state index in [4.69, 9.17) is 4.74 Å². The van der Waals surface area contributed by atoms with Gasteiger partial charge in [0.2, 0.25) is 0 Å². The van der Waals surface area contributed by atoms with Gasteiger partial charge < -0.3 is 10.1 Å². The summed E-state index contributed by atoms with van der Waals surface area (Å²) in [6.07, 6.45) is 3.83. The number of carbonyl (C=O) groups is 1. The molecular weight excluding hydrogens is 288 g/mol. The zero-order valence-electron chi connectivity index (χ0n) is 13.2. The second-order valence-electron chi connectivity index (χ2n) is 5.97. The molecule has 1 heterocycles. The lowest BCUT2D eigenvalue weighted by Crippen LogP contribution is -2.59. The molecule has 0 bridgehead atoms. The summed E-state index contributed by atoms with van der Waals surface area (Å²) in [7, 11) is -0.649. The minimum atomic E-state index is -0.649. The highest BCUT2D eigenvalue weighted by molar-refractivity contribution is 7.85. The molecule has 0 aromatic heterocycles. The number of ether oxygens (including phenoxy) is 1. The van der Waals surface area contributed by atoms with Gasteiger partial charge in [-0.05, 0) is 39.2 Å². The first kappa shape index (κ1) is 16.9. The van der Waals surface area contributed by atoms with E-state index in [2.05, 4.69) is 10.2 Å². The van der Waals surface area contributed by atoms with E-state index in [-0.39, 0.29) is 5.97 Å². The molecule has 2 unspecified atom stereocenters. The van der Waals surface area contributed by atoms with Crippen molar-refractivity contribution in [2.45, 2.75) is 51.1 Å². The smallest absolute Gasteiger partial charge is 0.326 e. The first-order chi connectivity index (χ1) is 10.1. The number of nitrogens with one attached hydrogen (secondary N) is 1. The van der Waals surface area contributed by atoms with Crippen molar-refractivity contribution in [2.75, 3.05) is 37.7 Å². The van der Waals surface area contributed by atoms with E-state index in [1.165, 1.54) is 0 Å². The van der Waals surface area contributed by atoms with Gasteiger partial charge in [-0.25, -0.2) is 0 Å². The Kier molecular flexibility index (Phi) is 6.20. The van der Waals surface area contributed by atoms with Crippen LogP contribution in [0.3, 0.4) is 0 Å². The third-order valence-corrected chi connectivity index (χ3v) is 5.91. The van der Waals surface area contributed by atoms with Crippen LogP contribution in [0.2, 0.25) is 0 Å². The average Bonchev–Trinajstić information content (AvgIpc) is 2.49. The highest BCUT2D eigenvalue weighted by Gasteiger charge is 2.45. The van der Waals surface area contributed by atoms with E-state index in [1.54, 1.807) is 0 Å². The number of rotatable bonds is 5. The Balaban J connectivity index is 2.05. The molecule has 2 atom stereocenters. The lowest BCUT2D eigenvalue weighted by atomic mass is 9.78. The van der Waals surface area contributed by atoms with Crippen molar-refractivity contribution in [1.29, 1.82) is 0 Å². The maximum Gasteiger partial charge on any atom is 0.326 e. The fourth-order valence-electron chi connectivity index (χ4n) is 3.60. The molecule has 2 rings (SSSR count). The molecule has 21 heavy (non-hydrogen) atoms. The zero-order chi connectivity index (χ0) is 15.3. The lowest BCUT2D eigenvalue weighted by Gasteiger charge is -2.44. The van der Waals surface area contributed by atoms with Gasteiger partial charge in [0, 0.05) is 41.4 Å². The average molecular weight is 316 g/mol. The van der Waals surface area contributed by atoms with Gasteiger partial charge in [0.15, 0.2) is 0 Å². The summed E-state index contributed by atoms with van der Waals surface area (Å²) in [6.45, 7) is 6.88. The SMILES string of the molecule is CCNC1(C(=O)OCC)CCCC(N2CCS(=O)CC2)C1. The third-order valence-electron chi connectivity index (χ3n) is 4.64. The van der Waals surface area contributed by atoms with Crippen LogP contribution in [-0.4, -0.2) is 64.4 Å². The standard InChI is InChI=1S/C15H28N2O3S/c1-3-16-15(14(18)20-4-2)7-5-6-13(12-15)17-8-10-21(19)11-9-17/h13,16H,3-12H2,1-2H3. The summed E-state index contributed by atoms with van der Waals surface area (Å²) in [6, 6.07) is 0.402. The van der Waals surface area contributed by atoms with E-state index >= 15 is 0 Å². The number of likely N-dealkylation sites (N-methyl/N-ethyl adjacent to an activating group) is 1. The van der Waals surface area contributed by atoms with Gasteiger partial charge in [0.05, 0.1) is 6.61 Å². The van der Waals surface area contributed by atoms with Crippen molar-refractivity contribution < 1.29 is 13.7 Å². The fraction of sp³-hybridized carbons (Fsp3) is 0.933. The van der Waals surface area contributed by atoms with Crippen molar-refractivity contribution in [1.82, 2.24) is 10.2 Å². The molecule has 1 aliphatic heterocycles. The van der Waals surface area contributed by atoms with Gasteiger partial charge in [-0.15, -0.1) is 0 Å². The van der Waals surface area contributed by atoms with Crippen LogP contribution in [0.15, 0.2) is 0 Å². The van der Waals surface area contributed by atoms with Crippen LogP contribution in [-0.2, 0) is 20.3 Å². The van der Waals surface area contributed by atoms with Crippen LogP contribution >= 0.6 is 0 Å². The molecular formula is C15H28N2O3S. The largest absolute Gasteiger partial charge is 0.465 e. The maximum atomic E-state index is 12.4. The molecule has 0 radical (unpaired) electrons. The summed E-state index contributed by atoms with van der Waals surface area (Å²) in [5.41, 5.74) is -0.524. The van der Waals surface area contributed by atoms with Crippen molar-refractivity contribution in [3.63, 3.8) is 0 Å². The van der Waals surface area contributed by atoms with E-state index in [9.17, 15) is 9.00 Å². The summed E-state index contributed by atoms with van der Waals surface area (Å²) in [5, 5.41) is 3.40. The molecule has 0 aromatic rings. The minimum Gasteiger partial charge on any atom is -0.465 e. The molecule has 122 valence electrons. The first-order valence-electron chi connectivity index (χ1n) is 8.12. The third kappa shape index (κ3) is 4.05. The van der Waals surface area contributed by atoms with Gasteiger partial charge in [-0.1, -0.05) is 6.92 Å². The van der Waals surface area contributed by atoms with Crippen molar-refractivity contribution in [2.24, 2.45) is 0 Å². The number of carbonyl (C=O) groups excluding carboxylic acids is 1. The first-order valence-corrected chi connectivity index (χ1v) is 9.61. The molecule has 0 amide bonds. The van der Waals surface area contributed by atoms with Gasteiger partial charge in [0.25, 0.3) is 0 Å². The Morgan fingerprint density at radius 3 is 2.71 bits per heavy atom. The second-order valence-corrected chi connectivity index (χ2v) is 7.66. The van der Waals surface area contributed by atoms with Gasteiger partial charge in [-0.3, -0.25) is 13.9 Å². The van der Waals surface area contributed by atoms with Crippen LogP contribution in [0.4, 0.5) is 0 Å². The lowest BCUT2D eigenvalue weighted by molar-refractivity contribution is -0.153.